The second-order valence-corrected chi connectivity index (χ2v) is 3.26. The Labute approximate surface area is 88.9 Å². The van der Waals surface area contributed by atoms with Crippen LogP contribution in [-0.4, -0.2) is 16.2 Å². The van der Waals surface area contributed by atoms with Gasteiger partial charge in [0.2, 0.25) is 5.43 Å². The van der Waals surface area contributed by atoms with Crippen LogP contribution >= 0.6 is 0 Å². The largest absolute Gasteiger partial charge is 0.503 e. The van der Waals surface area contributed by atoms with E-state index in [1.165, 1.54) is 24.3 Å². The molecule has 0 radical (unpaired) electrons. The summed E-state index contributed by atoms with van der Waals surface area (Å²) in [6.45, 7) is 0. The van der Waals surface area contributed by atoms with Gasteiger partial charge < -0.3 is 10.2 Å². The number of aromatic carboxylic acids is 1. The number of carboxylic acid groups (broad SMARTS) is 1. The van der Waals surface area contributed by atoms with Gasteiger partial charge in [-0.1, -0.05) is 12.1 Å². The summed E-state index contributed by atoms with van der Waals surface area (Å²) < 4.78 is 0. The Morgan fingerprint density at radius 3 is 2.00 bits per heavy atom. The van der Waals surface area contributed by atoms with E-state index in [-0.39, 0.29) is 11.1 Å². The van der Waals surface area contributed by atoms with Crippen LogP contribution in [0, 0.1) is 0 Å². The first-order valence-electron chi connectivity index (χ1n) is 4.38. The van der Waals surface area contributed by atoms with E-state index in [0.717, 1.165) is 0 Å². The van der Waals surface area contributed by atoms with Gasteiger partial charge in [0, 0.05) is 0 Å². The van der Waals surface area contributed by atoms with Crippen LogP contribution in [0.5, 0.6) is 5.75 Å². The van der Waals surface area contributed by atoms with E-state index in [9.17, 15) is 19.5 Å². The van der Waals surface area contributed by atoms with Crippen LogP contribution in [-0.2, 0) is 0 Å². The number of benzene rings is 1. The summed E-state index contributed by atoms with van der Waals surface area (Å²) in [5.41, 5.74) is -1.30. The molecule has 80 valence electrons. The van der Waals surface area contributed by atoms with Crippen molar-refractivity contribution >= 4 is 5.97 Å². The zero-order valence-corrected chi connectivity index (χ0v) is 7.93. The highest BCUT2D eigenvalue weighted by atomic mass is 16.4. The molecule has 0 unspecified atom stereocenters. The molecule has 0 spiro atoms. The topological polar surface area (TPSA) is 91.7 Å². The fraction of sp³-hybridized carbons (Fsp3) is 0. The van der Waals surface area contributed by atoms with E-state index >= 15 is 0 Å². The van der Waals surface area contributed by atoms with Crippen molar-refractivity contribution in [3.8, 4) is 16.9 Å². The highest BCUT2D eigenvalue weighted by Gasteiger charge is 2.21. The van der Waals surface area contributed by atoms with Crippen molar-refractivity contribution in [2.24, 2.45) is 0 Å². The summed E-state index contributed by atoms with van der Waals surface area (Å²) >= 11 is 0. The Morgan fingerprint density at radius 1 is 1.00 bits per heavy atom. The van der Waals surface area contributed by atoms with Gasteiger partial charge >= 0.3 is 5.97 Å². The molecule has 0 fully saturated rings. The van der Waals surface area contributed by atoms with Gasteiger partial charge in [0.1, 0.15) is 0 Å². The molecule has 5 nitrogen and oxygen atoms in total. The molecule has 0 atom stereocenters. The summed E-state index contributed by atoms with van der Waals surface area (Å²) in [5, 5.41) is 17.8. The lowest BCUT2D eigenvalue weighted by atomic mass is 9.99. The van der Waals surface area contributed by atoms with Crippen LogP contribution in [0.25, 0.3) is 11.1 Å². The molecule has 0 heterocycles. The lowest BCUT2D eigenvalue weighted by molar-refractivity contribution is 0.0697. The van der Waals surface area contributed by atoms with Crippen molar-refractivity contribution in [3.63, 3.8) is 0 Å². The summed E-state index contributed by atoms with van der Waals surface area (Å²) in [4.78, 5) is 32.4. The van der Waals surface area contributed by atoms with Crippen LogP contribution < -0.4 is 10.9 Å². The molecule has 2 rings (SSSR count). The quantitative estimate of drug-likeness (QED) is 0.710. The standard InChI is InChI=1S/C11H6O5/c12-8-7(9(13)10(8)14)5-1-3-6(4-2-5)11(15)16/h1-4,12H,(H,15,16). The highest BCUT2D eigenvalue weighted by Crippen LogP contribution is 2.24. The van der Waals surface area contributed by atoms with Gasteiger partial charge in [0.15, 0.2) is 5.75 Å². The van der Waals surface area contributed by atoms with Gasteiger partial charge in [-0.15, -0.1) is 0 Å². The molecule has 0 aliphatic heterocycles. The molecule has 2 N–H and O–H groups in total. The third-order valence-corrected chi connectivity index (χ3v) is 2.31. The highest BCUT2D eigenvalue weighted by molar-refractivity contribution is 5.88. The predicted octanol–water partition coefficient (Wildman–Crippen LogP) is 0.353. The average Bonchev–Trinajstić information content (AvgIpc) is 2.29. The summed E-state index contributed by atoms with van der Waals surface area (Å²) in [7, 11) is 0. The first kappa shape index (κ1) is 10.1. The molecule has 5 heteroatoms. The van der Waals surface area contributed by atoms with Gasteiger partial charge in [-0.3, -0.25) is 9.59 Å². The maximum absolute atomic E-state index is 11.1. The third kappa shape index (κ3) is 1.30. The van der Waals surface area contributed by atoms with E-state index in [4.69, 9.17) is 5.11 Å². The van der Waals surface area contributed by atoms with E-state index < -0.39 is 22.6 Å². The second-order valence-electron chi connectivity index (χ2n) is 3.26. The first-order chi connectivity index (χ1) is 7.52. The Balaban J connectivity index is 2.48. The molecule has 16 heavy (non-hydrogen) atoms. The Kier molecular flexibility index (Phi) is 2.09. The van der Waals surface area contributed by atoms with Crippen molar-refractivity contribution < 1.29 is 15.0 Å². The number of hydrogen-bond donors (Lipinski definition) is 2. The summed E-state index contributed by atoms with van der Waals surface area (Å²) in [5.74, 6) is -1.64. The maximum atomic E-state index is 11.1. The average molecular weight is 218 g/mol. The van der Waals surface area contributed by atoms with Gasteiger partial charge in [-0.25, -0.2) is 4.79 Å². The maximum Gasteiger partial charge on any atom is 0.335 e. The molecule has 2 aromatic rings. The monoisotopic (exact) mass is 218 g/mol. The minimum Gasteiger partial charge on any atom is -0.503 e. The Morgan fingerprint density at radius 2 is 1.56 bits per heavy atom. The Hall–Kier alpha value is -2.43. The predicted molar refractivity (Wildman–Crippen MR) is 55.4 cm³/mol. The van der Waals surface area contributed by atoms with Gasteiger partial charge in [-0.05, 0) is 17.7 Å². The number of hydrogen-bond acceptors (Lipinski definition) is 4. The summed E-state index contributed by atoms with van der Waals surface area (Å²) in [6.07, 6.45) is 0. The van der Waals surface area contributed by atoms with Crippen molar-refractivity contribution in [2.45, 2.75) is 0 Å². The zero-order valence-electron chi connectivity index (χ0n) is 7.93. The summed E-state index contributed by atoms with van der Waals surface area (Å²) in [6, 6.07) is 5.35. The molecule has 0 aliphatic carbocycles. The molecule has 0 bridgehead atoms. The van der Waals surface area contributed by atoms with E-state index in [1.54, 1.807) is 0 Å². The lowest BCUT2D eigenvalue weighted by Crippen LogP contribution is -2.31. The van der Waals surface area contributed by atoms with Crippen molar-refractivity contribution in [1.82, 2.24) is 0 Å². The fourth-order valence-corrected chi connectivity index (χ4v) is 1.43. The van der Waals surface area contributed by atoms with Crippen molar-refractivity contribution in [1.29, 1.82) is 0 Å². The molecule has 0 saturated heterocycles. The van der Waals surface area contributed by atoms with Crippen LogP contribution in [0.15, 0.2) is 33.9 Å². The minimum absolute atomic E-state index is 0.0538. The smallest absolute Gasteiger partial charge is 0.335 e. The zero-order chi connectivity index (χ0) is 11.9. The molecular formula is C11H6O5. The SMILES string of the molecule is O=C(O)c1ccc(-c2c(O)c(=O)c2=O)cc1. The number of aromatic hydroxyl groups is 1. The van der Waals surface area contributed by atoms with Crippen molar-refractivity contribution in [3.05, 3.63) is 50.3 Å². The molecule has 0 amide bonds. The number of carboxylic acids is 1. The Bertz CT molecular complexity index is 629. The van der Waals surface area contributed by atoms with Gasteiger partial charge in [0.05, 0.1) is 11.1 Å². The van der Waals surface area contributed by atoms with E-state index in [0.29, 0.717) is 5.56 Å². The molecule has 0 saturated carbocycles. The first-order valence-corrected chi connectivity index (χ1v) is 4.38. The molecule has 2 aromatic carbocycles. The van der Waals surface area contributed by atoms with E-state index in [2.05, 4.69) is 0 Å². The number of rotatable bonds is 2. The van der Waals surface area contributed by atoms with Crippen LogP contribution in [0.3, 0.4) is 0 Å². The lowest BCUT2D eigenvalue weighted by Gasteiger charge is -2.05. The third-order valence-electron chi connectivity index (χ3n) is 2.31. The van der Waals surface area contributed by atoms with Crippen LogP contribution in [0.4, 0.5) is 0 Å². The normalized spacial score (nSPS) is 10.5. The molecular weight excluding hydrogens is 212 g/mol. The van der Waals surface area contributed by atoms with Gasteiger partial charge in [0.25, 0.3) is 5.43 Å². The molecule has 0 aliphatic rings. The number of carbonyl (C=O) groups is 1. The second kappa shape index (κ2) is 3.30. The van der Waals surface area contributed by atoms with Gasteiger partial charge in [-0.2, -0.15) is 0 Å². The van der Waals surface area contributed by atoms with Crippen molar-refractivity contribution in [2.75, 3.05) is 0 Å². The van der Waals surface area contributed by atoms with Crippen LogP contribution in [0.2, 0.25) is 0 Å². The van der Waals surface area contributed by atoms with Crippen LogP contribution in [0.1, 0.15) is 10.4 Å². The van der Waals surface area contributed by atoms with E-state index in [1.807, 2.05) is 0 Å². The fourth-order valence-electron chi connectivity index (χ4n) is 1.43. The molecule has 0 aromatic heterocycles. The minimum atomic E-state index is -1.08.